The summed E-state index contributed by atoms with van der Waals surface area (Å²) in [6, 6.07) is 14.4. The third-order valence-electron chi connectivity index (χ3n) is 6.01. The van der Waals surface area contributed by atoms with E-state index in [0.29, 0.717) is 25.4 Å². The molecule has 2 aliphatic heterocycles. The molecule has 2 fully saturated rings. The van der Waals surface area contributed by atoms with Gasteiger partial charge in [0, 0.05) is 64.1 Å². The number of para-hydroxylation sites is 1. The Morgan fingerprint density at radius 3 is 2.33 bits per heavy atom. The molecule has 2 heterocycles. The molecule has 0 atom stereocenters. The molecule has 0 unspecified atom stereocenters. The van der Waals surface area contributed by atoms with Crippen molar-refractivity contribution in [3.63, 3.8) is 0 Å². The highest BCUT2D eigenvalue weighted by Crippen LogP contribution is 2.29. The lowest BCUT2D eigenvalue weighted by Gasteiger charge is -2.36. The van der Waals surface area contributed by atoms with Gasteiger partial charge in [-0.05, 0) is 24.3 Å². The average Bonchev–Trinajstić information content (AvgIpc) is 2.85. The average molecular weight is 476 g/mol. The number of nitrogens with zero attached hydrogens (tertiary/aromatic N) is 4. The number of piperazine rings is 1. The normalized spacial score (nSPS) is 18.2. The van der Waals surface area contributed by atoms with E-state index in [2.05, 4.69) is 27.2 Å². The number of hydrogen-bond acceptors (Lipinski definition) is 8. The van der Waals surface area contributed by atoms with E-state index < -0.39 is 14.9 Å². The monoisotopic (exact) mass is 475 g/mol. The van der Waals surface area contributed by atoms with Gasteiger partial charge in [0.15, 0.2) is 0 Å². The molecule has 4 rings (SSSR count). The van der Waals surface area contributed by atoms with Crippen LogP contribution in [-0.2, 0) is 14.8 Å². The summed E-state index contributed by atoms with van der Waals surface area (Å²) in [5.74, 6) is 0. The fourth-order valence-electron chi connectivity index (χ4n) is 4.13. The lowest BCUT2D eigenvalue weighted by Crippen LogP contribution is -2.47. The molecule has 2 aliphatic rings. The molecule has 0 radical (unpaired) electrons. The zero-order valence-corrected chi connectivity index (χ0v) is 19.2. The number of morpholine rings is 1. The minimum absolute atomic E-state index is 0.0707. The molecule has 1 N–H and O–H groups in total. The van der Waals surface area contributed by atoms with Gasteiger partial charge in [-0.3, -0.25) is 15.0 Å². The van der Waals surface area contributed by atoms with Gasteiger partial charge in [0.2, 0.25) is 10.0 Å². The number of nitro benzene ring substituents is 1. The number of nitrogens with one attached hydrogen (secondary N) is 1. The number of hydrogen-bond donors (Lipinski definition) is 1. The van der Waals surface area contributed by atoms with Crippen LogP contribution in [0.5, 0.6) is 0 Å². The van der Waals surface area contributed by atoms with Crippen molar-refractivity contribution < 1.29 is 18.1 Å². The summed E-state index contributed by atoms with van der Waals surface area (Å²) in [4.78, 5) is 15.7. The van der Waals surface area contributed by atoms with Crippen molar-refractivity contribution >= 4 is 27.1 Å². The van der Waals surface area contributed by atoms with Gasteiger partial charge in [-0.25, -0.2) is 8.42 Å². The van der Waals surface area contributed by atoms with Crippen LogP contribution < -0.4 is 10.2 Å². The van der Waals surface area contributed by atoms with Crippen molar-refractivity contribution in [2.24, 2.45) is 0 Å². The molecular formula is C22H29N5O5S. The summed E-state index contributed by atoms with van der Waals surface area (Å²) in [7, 11) is -3.79. The van der Waals surface area contributed by atoms with Crippen LogP contribution in [0, 0.1) is 10.1 Å². The van der Waals surface area contributed by atoms with Gasteiger partial charge in [-0.1, -0.05) is 18.2 Å². The maximum atomic E-state index is 12.8. The third kappa shape index (κ3) is 5.61. The van der Waals surface area contributed by atoms with Crippen LogP contribution in [-0.4, -0.2) is 88.1 Å². The second kappa shape index (κ2) is 10.5. The molecular weight excluding hydrogens is 446 g/mol. The number of benzene rings is 2. The van der Waals surface area contributed by atoms with E-state index in [-0.39, 0.29) is 23.7 Å². The Kier molecular flexibility index (Phi) is 7.43. The third-order valence-corrected chi connectivity index (χ3v) is 7.91. The smallest absolute Gasteiger partial charge is 0.293 e. The van der Waals surface area contributed by atoms with E-state index in [1.165, 1.54) is 22.1 Å². The molecule has 2 saturated heterocycles. The fourth-order valence-corrected chi connectivity index (χ4v) is 5.55. The Labute approximate surface area is 193 Å². The van der Waals surface area contributed by atoms with Crippen molar-refractivity contribution in [3.8, 4) is 0 Å². The van der Waals surface area contributed by atoms with Crippen molar-refractivity contribution in [1.82, 2.24) is 9.21 Å². The summed E-state index contributed by atoms with van der Waals surface area (Å²) in [5.41, 5.74) is 1.31. The highest BCUT2D eigenvalue weighted by Gasteiger charge is 2.29. The molecule has 178 valence electrons. The number of ether oxygens (including phenoxy) is 1. The molecule has 0 bridgehead atoms. The second-order valence-corrected chi connectivity index (χ2v) is 9.98. The van der Waals surface area contributed by atoms with E-state index in [0.717, 1.165) is 38.8 Å². The molecule has 0 aliphatic carbocycles. The topological polar surface area (TPSA) is 108 Å². The lowest BCUT2D eigenvalue weighted by molar-refractivity contribution is -0.384. The molecule has 10 nitrogen and oxygen atoms in total. The van der Waals surface area contributed by atoms with E-state index in [1.807, 2.05) is 18.2 Å². The Hall–Kier alpha value is -2.73. The summed E-state index contributed by atoms with van der Waals surface area (Å²) in [6.45, 7) is 6.08. The van der Waals surface area contributed by atoms with Crippen molar-refractivity contribution in [3.05, 3.63) is 58.6 Å². The first kappa shape index (κ1) is 23.4. The van der Waals surface area contributed by atoms with Gasteiger partial charge in [0.05, 0.1) is 23.0 Å². The quantitative estimate of drug-likeness (QED) is 0.455. The maximum absolute atomic E-state index is 12.8. The molecule has 0 amide bonds. The van der Waals surface area contributed by atoms with E-state index in [9.17, 15) is 18.5 Å². The Morgan fingerprint density at radius 2 is 1.67 bits per heavy atom. The predicted octanol–water partition coefficient (Wildman–Crippen LogP) is 1.85. The van der Waals surface area contributed by atoms with Crippen LogP contribution in [0.4, 0.5) is 17.1 Å². The minimum atomic E-state index is -3.79. The van der Waals surface area contributed by atoms with Crippen molar-refractivity contribution in [1.29, 1.82) is 0 Å². The molecule has 33 heavy (non-hydrogen) atoms. The second-order valence-electron chi connectivity index (χ2n) is 8.04. The van der Waals surface area contributed by atoms with Crippen LogP contribution in [0.1, 0.15) is 0 Å². The summed E-state index contributed by atoms with van der Waals surface area (Å²) < 4.78 is 32.2. The van der Waals surface area contributed by atoms with Gasteiger partial charge in [-0.2, -0.15) is 4.31 Å². The summed E-state index contributed by atoms with van der Waals surface area (Å²) in [6.07, 6.45) is 0. The van der Waals surface area contributed by atoms with E-state index >= 15 is 0 Å². The number of rotatable bonds is 8. The standard InChI is InChI=1S/C22H29N5O5S/c28-27(29)22-18-20(33(30,31)26-14-16-32-17-15-26)6-7-21(22)23-8-9-24-10-12-25(13-11-24)19-4-2-1-3-5-19/h1-7,18,23H,8-17H2. The zero-order chi connectivity index (χ0) is 23.3. The predicted molar refractivity (Wildman–Crippen MR) is 126 cm³/mol. The highest BCUT2D eigenvalue weighted by molar-refractivity contribution is 7.89. The first-order valence-electron chi connectivity index (χ1n) is 11.1. The molecule has 2 aromatic rings. The summed E-state index contributed by atoms with van der Waals surface area (Å²) in [5, 5.41) is 14.8. The molecule has 0 saturated carbocycles. The van der Waals surface area contributed by atoms with E-state index in [4.69, 9.17) is 4.74 Å². The Balaban J connectivity index is 1.34. The number of sulfonamides is 1. The largest absolute Gasteiger partial charge is 0.379 e. The lowest BCUT2D eigenvalue weighted by atomic mass is 10.2. The number of anilines is 2. The van der Waals surface area contributed by atoms with Gasteiger partial charge in [0.25, 0.3) is 5.69 Å². The van der Waals surface area contributed by atoms with Crippen LogP contribution >= 0.6 is 0 Å². The minimum Gasteiger partial charge on any atom is -0.379 e. The van der Waals surface area contributed by atoms with Gasteiger partial charge in [0.1, 0.15) is 5.69 Å². The van der Waals surface area contributed by atoms with Crippen LogP contribution in [0.3, 0.4) is 0 Å². The van der Waals surface area contributed by atoms with E-state index in [1.54, 1.807) is 0 Å². The number of nitro groups is 1. The first-order valence-corrected chi connectivity index (χ1v) is 12.5. The fraction of sp³-hybridized carbons (Fsp3) is 0.455. The summed E-state index contributed by atoms with van der Waals surface area (Å²) >= 11 is 0. The van der Waals surface area contributed by atoms with Crippen LogP contribution in [0.15, 0.2) is 53.4 Å². The zero-order valence-electron chi connectivity index (χ0n) is 18.4. The molecule has 0 spiro atoms. The van der Waals surface area contributed by atoms with Gasteiger partial charge >= 0.3 is 0 Å². The van der Waals surface area contributed by atoms with Crippen molar-refractivity contribution in [2.75, 3.05) is 75.8 Å². The van der Waals surface area contributed by atoms with Gasteiger partial charge < -0.3 is 15.0 Å². The van der Waals surface area contributed by atoms with Crippen LogP contribution in [0.2, 0.25) is 0 Å². The SMILES string of the molecule is O=[N+]([O-])c1cc(S(=O)(=O)N2CCOCC2)ccc1NCCN1CCN(c2ccccc2)CC1. The van der Waals surface area contributed by atoms with Crippen LogP contribution in [0.25, 0.3) is 0 Å². The molecule has 0 aromatic heterocycles. The molecule has 2 aromatic carbocycles. The first-order chi connectivity index (χ1) is 15.9. The molecule has 11 heteroatoms. The van der Waals surface area contributed by atoms with Crippen molar-refractivity contribution in [2.45, 2.75) is 4.90 Å². The van der Waals surface area contributed by atoms with Gasteiger partial charge in [-0.15, -0.1) is 0 Å². The Bertz CT molecular complexity index is 1050. The Morgan fingerprint density at radius 1 is 0.970 bits per heavy atom. The highest BCUT2D eigenvalue weighted by atomic mass is 32.2. The maximum Gasteiger partial charge on any atom is 0.293 e.